The maximum Gasteiger partial charge on any atom is 0.319 e. The molecule has 0 atom stereocenters. The van der Waals surface area contributed by atoms with Crippen molar-refractivity contribution in [3.63, 3.8) is 0 Å². The van der Waals surface area contributed by atoms with Gasteiger partial charge in [0.15, 0.2) is 0 Å². The van der Waals surface area contributed by atoms with Crippen LogP contribution in [-0.2, 0) is 16.0 Å². The van der Waals surface area contributed by atoms with Crippen molar-refractivity contribution in [3.05, 3.63) is 59.9 Å². The highest BCUT2D eigenvalue weighted by Crippen LogP contribution is 2.14. The number of benzene rings is 2. The summed E-state index contributed by atoms with van der Waals surface area (Å²) in [5, 5.41) is 10.4. The fourth-order valence-corrected chi connectivity index (χ4v) is 2.29. The molecule has 4 amide bonds. The highest BCUT2D eigenvalue weighted by molar-refractivity contribution is 5.96. The first-order chi connectivity index (χ1) is 13.0. The molecule has 0 aliphatic carbocycles. The highest BCUT2D eigenvalue weighted by Gasteiger charge is 2.08. The number of rotatable bonds is 7. The Morgan fingerprint density at radius 2 is 1.59 bits per heavy atom. The average molecular weight is 372 g/mol. The van der Waals surface area contributed by atoms with Gasteiger partial charge in [-0.25, -0.2) is 9.18 Å². The van der Waals surface area contributed by atoms with Crippen molar-refractivity contribution in [2.24, 2.45) is 0 Å². The van der Waals surface area contributed by atoms with Crippen molar-refractivity contribution in [1.29, 1.82) is 0 Å². The van der Waals surface area contributed by atoms with Crippen LogP contribution in [0.2, 0.25) is 0 Å². The van der Waals surface area contributed by atoms with Gasteiger partial charge in [0, 0.05) is 17.9 Å². The van der Waals surface area contributed by atoms with Gasteiger partial charge in [0.1, 0.15) is 5.82 Å². The number of halogens is 1. The maximum atomic E-state index is 13.1. The van der Waals surface area contributed by atoms with Gasteiger partial charge in [-0.3, -0.25) is 9.59 Å². The Labute approximate surface area is 156 Å². The second-order valence-electron chi connectivity index (χ2n) is 5.70. The van der Waals surface area contributed by atoms with E-state index in [0.717, 1.165) is 0 Å². The second kappa shape index (κ2) is 9.91. The van der Waals surface area contributed by atoms with Crippen molar-refractivity contribution in [2.45, 2.75) is 13.3 Å². The van der Waals surface area contributed by atoms with Crippen LogP contribution in [0.3, 0.4) is 0 Å². The minimum absolute atomic E-state index is 0.0169. The smallest absolute Gasteiger partial charge is 0.319 e. The lowest BCUT2D eigenvalue weighted by Crippen LogP contribution is -2.33. The van der Waals surface area contributed by atoms with Crippen molar-refractivity contribution in [2.75, 3.05) is 23.7 Å². The summed E-state index contributed by atoms with van der Waals surface area (Å²) in [6.45, 7) is 2.08. The molecule has 27 heavy (non-hydrogen) atoms. The lowest BCUT2D eigenvalue weighted by molar-refractivity contribution is -0.123. The highest BCUT2D eigenvalue weighted by atomic mass is 19.1. The topological polar surface area (TPSA) is 99.3 Å². The summed E-state index contributed by atoms with van der Waals surface area (Å²) < 4.78 is 13.1. The van der Waals surface area contributed by atoms with Crippen molar-refractivity contribution >= 4 is 29.2 Å². The number of hydrogen-bond donors (Lipinski definition) is 4. The Bertz CT molecular complexity index is 826. The van der Waals surface area contributed by atoms with Gasteiger partial charge < -0.3 is 21.3 Å². The molecule has 142 valence electrons. The van der Waals surface area contributed by atoms with Gasteiger partial charge in [0.25, 0.3) is 0 Å². The molecule has 0 spiro atoms. The molecule has 2 rings (SSSR count). The first-order valence-electron chi connectivity index (χ1n) is 8.42. The summed E-state index contributed by atoms with van der Waals surface area (Å²) in [6, 6.07) is 12.0. The summed E-state index contributed by atoms with van der Waals surface area (Å²) >= 11 is 0. The van der Waals surface area contributed by atoms with Crippen LogP contribution in [0.1, 0.15) is 12.5 Å². The van der Waals surface area contributed by atoms with Gasteiger partial charge in [0.05, 0.1) is 13.0 Å². The molecular weight excluding hydrogens is 351 g/mol. The normalized spacial score (nSPS) is 10.0. The first-order valence-corrected chi connectivity index (χ1v) is 8.42. The molecule has 0 aliphatic heterocycles. The molecule has 0 saturated heterocycles. The molecule has 0 aromatic heterocycles. The molecule has 2 aromatic rings. The van der Waals surface area contributed by atoms with Crippen molar-refractivity contribution < 1.29 is 18.8 Å². The Balaban J connectivity index is 1.81. The van der Waals surface area contributed by atoms with Gasteiger partial charge in [-0.2, -0.15) is 0 Å². The zero-order valence-corrected chi connectivity index (χ0v) is 14.8. The minimum atomic E-state index is -0.419. The third-order valence-electron chi connectivity index (χ3n) is 3.44. The number of urea groups is 1. The number of carbonyl (C=O) groups excluding carboxylic acids is 3. The van der Waals surface area contributed by atoms with Gasteiger partial charge in [-0.05, 0) is 42.8 Å². The van der Waals surface area contributed by atoms with Crippen LogP contribution in [0.4, 0.5) is 20.6 Å². The van der Waals surface area contributed by atoms with E-state index in [-0.39, 0.29) is 24.9 Å². The quantitative estimate of drug-likeness (QED) is 0.600. The summed E-state index contributed by atoms with van der Waals surface area (Å²) in [5.74, 6) is -1.22. The fraction of sp³-hybridized carbons (Fsp3) is 0.211. The lowest BCUT2D eigenvalue weighted by atomic mass is 10.1. The molecule has 8 heteroatoms. The lowest BCUT2D eigenvalue weighted by Gasteiger charge is -2.10. The van der Waals surface area contributed by atoms with E-state index in [1.165, 1.54) is 18.2 Å². The molecule has 0 aliphatic rings. The Morgan fingerprint density at radius 1 is 0.889 bits per heavy atom. The van der Waals surface area contributed by atoms with Crippen LogP contribution < -0.4 is 21.3 Å². The summed E-state index contributed by atoms with van der Waals surface area (Å²) in [5.41, 5.74) is 1.53. The molecule has 0 bridgehead atoms. The van der Waals surface area contributed by atoms with Crippen LogP contribution in [0.25, 0.3) is 0 Å². The third kappa shape index (κ3) is 7.15. The van der Waals surface area contributed by atoms with Gasteiger partial charge in [0.2, 0.25) is 11.8 Å². The van der Waals surface area contributed by atoms with E-state index in [4.69, 9.17) is 0 Å². The van der Waals surface area contributed by atoms with Crippen molar-refractivity contribution in [3.8, 4) is 0 Å². The van der Waals surface area contributed by atoms with E-state index in [2.05, 4.69) is 21.3 Å². The number of anilines is 2. The fourth-order valence-electron chi connectivity index (χ4n) is 2.29. The zero-order valence-electron chi connectivity index (χ0n) is 14.8. The molecule has 0 unspecified atom stereocenters. The molecule has 4 N–H and O–H groups in total. The number of carbonyl (C=O) groups is 3. The maximum absolute atomic E-state index is 13.1. The van der Waals surface area contributed by atoms with E-state index in [1.807, 2.05) is 0 Å². The van der Waals surface area contributed by atoms with Gasteiger partial charge >= 0.3 is 6.03 Å². The molecule has 0 radical (unpaired) electrons. The molecule has 0 heterocycles. The number of hydrogen-bond acceptors (Lipinski definition) is 3. The van der Waals surface area contributed by atoms with E-state index in [9.17, 15) is 18.8 Å². The third-order valence-corrected chi connectivity index (χ3v) is 3.44. The Hall–Kier alpha value is -3.42. The number of nitrogens with one attached hydrogen (secondary N) is 4. The van der Waals surface area contributed by atoms with Gasteiger partial charge in [-0.15, -0.1) is 0 Å². The minimum Gasteiger partial charge on any atom is -0.347 e. The van der Waals surface area contributed by atoms with Crippen LogP contribution in [-0.4, -0.2) is 30.9 Å². The Morgan fingerprint density at radius 3 is 2.30 bits per heavy atom. The van der Waals surface area contributed by atoms with Crippen LogP contribution in [0, 0.1) is 5.82 Å². The standard InChI is InChI=1S/C19H21FN4O3/c1-2-21-19(27)24-16-8-4-7-15(11-16)23-18(26)12-22-17(25)10-13-5-3-6-14(20)9-13/h3-9,11H,2,10,12H2,1H3,(H,22,25)(H,23,26)(H2,21,24,27). The zero-order chi connectivity index (χ0) is 19.6. The molecule has 0 fully saturated rings. The summed E-state index contributed by atoms with van der Waals surface area (Å²) in [4.78, 5) is 35.3. The van der Waals surface area contributed by atoms with Crippen molar-refractivity contribution in [1.82, 2.24) is 10.6 Å². The SMILES string of the molecule is CCNC(=O)Nc1cccc(NC(=O)CNC(=O)Cc2cccc(F)c2)c1. The Kier molecular flexibility index (Phi) is 7.30. The second-order valence-corrected chi connectivity index (χ2v) is 5.70. The van der Waals surface area contributed by atoms with Crippen LogP contribution >= 0.6 is 0 Å². The predicted octanol–water partition coefficient (Wildman–Crippen LogP) is 2.26. The van der Waals surface area contributed by atoms with Crippen LogP contribution in [0.15, 0.2) is 48.5 Å². The first kappa shape index (κ1) is 19.9. The van der Waals surface area contributed by atoms with E-state index in [1.54, 1.807) is 37.3 Å². The monoisotopic (exact) mass is 372 g/mol. The number of amides is 4. The summed E-state index contributed by atoms with van der Waals surface area (Å²) in [6.07, 6.45) is -0.0169. The average Bonchev–Trinajstić information content (AvgIpc) is 2.60. The summed E-state index contributed by atoms with van der Waals surface area (Å²) in [7, 11) is 0. The molecular formula is C19H21FN4O3. The van der Waals surface area contributed by atoms with E-state index >= 15 is 0 Å². The van der Waals surface area contributed by atoms with E-state index in [0.29, 0.717) is 23.5 Å². The molecule has 2 aromatic carbocycles. The predicted molar refractivity (Wildman–Crippen MR) is 101 cm³/mol. The largest absolute Gasteiger partial charge is 0.347 e. The van der Waals surface area contributed by atoms with Crippen LogP contribution in [0.5, 0.6) is 0 Å². The van der Waals surface area contributed by atoms with Gasteiger partial charge in [-0.1, -0.05) is 18.2 Å². The van der Waals surface area contributed by atoms with E-state index < -0.39 is 11.7 Å². The molecule has 7 nitrogen and oxygen atoms in total. The molecule has 0 saturated carbocycles.